The Morgan fingerprint density at radius 2 is 1.70 bits per heavy atom. The van der Waals surface area contributed by atoms with E-state index in [1.807, 2.05) is 31.2 Å². The van der Waals surface area contributed by atoms with Crippen LogP contribution < -0.4 is 0 Å². The summed E-state index contributed by atoms with van der Waals surface area (Å²) in [7, 11) is 0. The zero-order valence-electron chi connectivity index (χ0n) is 15.3. The first-order valence-electron chi connectivity index (χ1n) is 8.93. The van der Waals surface area contributed by atoms with Crippen molar-refractivity contribution in [3.8, 4) is 0 Å². The highest BCUT2D eigenvalue weighted by molar-refractivity contribution is 5.35. The number of ether oxygens (including phenoxy) is 1. The molecule has 5 unspecified atom stereocenters. The summed E-state index contributed by atoms with van der Waals surface area (Å²) in [6, 6.07) is 12.1. The predicted molar refractivity (Wildman–Crippen MR) is 97.7 cm³/mol. The Morgan fingerprint density at radius 3 is 2.33 bits per heavy atom. The van der Waals surface area contributed by atoms with E-state index < -0.39 is 36.6 Å². The van der Waals surface area contributed by atoms with Gasteiger partial charge in [0, 0.05) is 6.42 Å². The maximum Gasteiger partial charge on any atom is 0.126 e. The highest BCUT2D eigenvalue weighted by Gasteiger charge is 2.51. The summed E-state index contributed by atoms with van der Waals surface area (Å²) in [5.74, 6) is -0.382. The second-order valence-corrected chi connectivity index (χ2v) is 7.34. The van der Waals surface area contributed by atoms with Crippen LogP contribution in [0.15, 0.2) is 42.5 Å². The van der Waals surface area contributed by atoms with Crippen molar-refractivity contribution in [2.24, 2.45) is 0 Å². The summed E-state index contributed by atoms with van der Waals surface area (Å²) in [6.45, 7) is 3.02. The average molecular weight is 376 g/mol. The van der Waals surface area contributed by atoms with E-state index in [-0.39, 0.29) is 5.82 Å². The number of halogens is 1. The number of aryl methyl sites for hydroxylation is 1. The van der Waals surface area contributed by atoms with Crippen LogP contribution >= 0.6 is 0 Å². The molecule has 0 aromatic heterocycles. The Morgan fingerprint density at radius 1 is 1.04 bits per heavy atom. The van der Waals surface area contributed by atoms with Crippen LogP contribution in [0.2, 0.25) is 0 Å². The van der Waals surface area contributed by atoms with Crippen molar-refractivity contribution in [1.29, 1.82) is 0 Å². The van der Waals surface area contributed by atoms with Gasteiger partial charge in [0.2, 0.25) is 0 Å². The van der Waals surface area contributed by atoms with Crippen molar-refractivity contribution >= 4 is 0 Å². The SMILES string of the molecule is Cc1ccc(Cc2cc(C3(C)OC(CO)C(O)C(O)C3O)ccc2F)cc1. The van der Waals surface area contributed by atoms with Gasteiger partial charge in [-0.05, 0) is 42.7 Å². The summed E-state index contributed by atoms with van der Waals surface area (Å²) in [4.78, 5) is 0. The molecule has 6 heteroatoms. The lowest BCUT2D eigenvalue weighted by molar-refractivity contribution is -0.273. The minimum absolute atomic E-state index is 0.362. The van der Waals surface area contributed by atoms with Gasteiger partial charge in [-0.25, -0.2) is 4.39 Å². The van der Waals surface area contributed by atoms with Crippen molar-refractivity contribution in [1.82, 2.24) is 0 Å². The Labute approximate surface area is 157 Å². The summed E-state index contributed by atoms with van der Waals surface area (Å²) >= 11 is 0. The summed E-state index contributed by atoms with van der Waals surface area (Å²) in [5, 5.41) is 40.0. The monoisotopic (exact) mass is 376 g/mol. The fraction of sp³-hybridized carbons (Fsp3) is 0.429. The minimum atomic E-state index is -1.49. The van der Waals surface area contributed by atoms with Gasteiger partial charge in [-0.15, -0.1) is 0 Å². The van der Waals surface area contributed by atoms with Crippen LogP contribution in [-0.4, -0.2) is 51.4 Å². The van der Waals surface area contributed by atoms with Crippen LogP contribution in [0.1, 0.15) is 29.2 Å². The highest BCUT2D eigenvalue weighted by Crippen LogP contribution is 2.38. The molecule has 0 amide bonds. The molecule has 3 rings (SSSR count). The van der Waals surface area contributed by atoms with E-state index in [0.717, 1.165) is 11.1 Å². The molecule has 0 saturated carbocycles. The second-order valence-electron chi connectivity index (χ2n) is 7.34. The smallest absolute Gasteiger partial charge is 0.126 e. The molecule has 0 bridgehead atoms. The van der Waals surface area contributed by atoms with E-state index in [1.54, 1.807) is 13.0 Å². The highest BCUT2D eigenvalue weighted by atomic mass is 19.1. The van der Waals surface area contributed by atoms with Gasteiger partial charge in [0.25, 0.3) is 0 Å². The Kier molecular flexibility index (Phi) is 5.65. The van der Waals surface area contributed by atoms with Crippen LogP contribution in [0.4, 0.5) is 4.39 Å². The quantitative estimate of drug-likeness (QED) is 0.648. The molecule has 2 aromatic rings. The minimum Gasteiger partial charge on any atom is -0.394 e. The number of benzene rings is 2. The van der Waals surface area contributed by atoms with Crippen molar-refractivity contribution < 1.29 is 29.6 Å². The van der Waals surface area contributed by atoms with Gasteiger partial charge in [0.05, 0.1) is 6.61 Å². The molecule has 0 radical (unpaired) electrons. The zero-order chi connectivity index (χ0) is 19.8. The van der Waals surface area contributed by atoms with Gasteiger partial charge in [-0.3, -0.25) is 0 Å². The first-order chi connectivity index (χ1) is 12.8. The van der Waals surface area contributed by atoms with Crippen LogP contribution in [-0.2, 0) is 16.8 Å². The van der Waals surface area contributed by atoms with Gasteiger partial charge >= 0.3 is 0 Å². The molecule has 1 fully saturated rings. The zero-order valence-corrected chi connectivity index (χ0v) is 15.3. The molecular weight excluding hydrogens is 351 g/mol. The fourth-order valence-corrected chi connectivity index (χ4v) is 3.52. The molecule has 5 atom stereocenters. The van der Waals surface area contributed by atoms with Gasteiger partial charge in [-0.1, -0.05) is 35.9 Å². The molecule has 1 heterocycles. The van der Waals surface area contributed by atoms with Gasteiger partial charge in [0.15, 0.2) is 0 Å². The lowest BCUT2D eigenvalue weighted by Crippen LogP contribution is -2.62. The largest absolute Gasteiger partial charge is 0.394 e. The molecule has 4 N–H and O–H groups in total. The molecule has 146 valence electrons. The molecule has 27 heavy (non-hydrogen) atoms. The van der Waals surface area contributed by atoms with E-state index in [0.29, 0.717) is 17.5 Å². The van der Waals surface area contributed by atoms with Crippen LogP contribution in [0.5, 0.6) is 0 Å². The number of hydrogen-bond acceptors (Lipinski definition) is 5. The average Bonchev–Trinajstić information content (AvgIpc) is 2.66. The van der Waals surface area contributed by atoms with E-state index in [4.69, 9.17) is 4.74 Å². The topological polar surface area (TPSA) is 90.2 Å². The van der Waals surface area contributed by atoms with Gasteiger partial charge < -0.3 is 25.2 Å². The van der Waals surface area contributed by atoms with E-state index in [1.165, 1.54) is 12.1 Å². The van der Waals surface area contributed by atoms with Crippen molar-refractivity contribution in [2.75, 3.05) is 6.61 Å². The van der Waals surface area contributed by atoms with Crippen LogP contribution in [0, 0.1) is 12.7 Å². The van der Waals surface area contributed by atoms with Crippen LogP contribution in [0.3, 0.4) is 0 Å². The van der Waals surface area contributed by atoms with E-state index in [9.17, 15) is 24.8 Å². The second kappa shape index (κ2) is 7.66. The maximum absolute atomic E-state index is 14.4. The normalized spacial score (nSPS) is 31.1. The molecule has 0 spiro atoms. The lowest BCUT2D eigenvalue weighted by atomic mass is 9.80. The Balaban J connectivity index is 1.95. The number of aliphatic hydroxyl groups is 4. The molecule has 5 nitrogen and oxygen atoms in total. The standard InChI is InChI=1S/C21H25FO5/c1-12-3-5-13(6-4-12)9-14-10-15(7-8-16(14)22)21(2)20(26)19(25)18(24)17(11-23)27-21/h3-8,10,17-20,23-26H,9,11H2,1-2H3. The summed E-state index contributed by atoms with van der Waals surface area (Å²) < 4.78 is 20.1. The third-order valence-corrected chi connectivity index (χ3v) is 5.33. The van der Waals surface area contributed by atoms with E-state index in [2.05, 4.69) is 0 Å². The summed E-state index contributed by atoms with van der Waals surface area (Å²) in [6.07, 6.45) is -5.04. The molecule has 1 saturated heterocycles. The third-order valence-electron chi connectivity index (χ3n) is 5.33. The van der Waals surface area contributed by atoms with Crippen molar-refractivity contribution in [3.63, 3.8) is 0 Å². The first kappa shape index (κ1) is 19.9. The molecule has 1 aliphatic heterocycles. The molecule has 2 aromatic carbocycles. The van der Waals surface area contributed by atoms with Gasteiger partial charge in [-0.2, -0.15) is 0 Å². The Hall–Kier alpha value is -1.83. The molecular formula is C21H25FO5. The molecule has 0 aliphatic carbocycles. The number of aliphatic hydroxyl groups excluding tert-OH is 4. The first-order valence-corrected chi connectivity index (χ1v) is 8.93. The van der Waals surface area contributed by atoms with Crippen molar-refractivity contribution in [3.05, 3.63) is 70.5 Å². The maximum atomic E-state index is 14.4. The summed E-state index contributed by atoms with van der Waals surface area (Å²) in [5.41, 5.74) is 1.54. The molecule has 1 aliphatic rings. The number of hydrogen-bond donors (Lipinski definition) is 4. The third kappa shape index (κ3) is 3.77. The number of rotatable bonds is 4. The van der Waals surface area contributed by atoms with Crippen LogP contribution in [0.25, 0.3) is 0 Å². The van der Waals surface area contributed by atoms with Gasteiger partial charge in [0.1, 0.15) is 35.8 Å². The Bertz CT molecular complexity index is 792. The van der Waals surface area contributed by atoms with E-state index >= 15 is 0 Å². The predicted octanol–water partition coefficient (Wildman–Crippen LogP) is 1.41. The van der Waals surface area contributed by atoms with Crippen molar-refractivity contribution in [2.45, 2.75) is 50.3 Å². The lowest BCUT2D eigenvalue weighted by Gasteiger charge is -2.47. The fourth-order valence-electron chi connectivity index (χ4n) is 3.52.